The molecule has 32 heavy (non-hydrogen) atoms. The van der Waals surface area contributed by atoms with Crippen molar-refractivity contribution in [1.82, 2.24) is 10.3 Å². The predicted molar refractivity (Wildman–Crippen MR) is 123 cm³/mol. The van der Waals surface area contributed by atoms with Gasteiger partial charge in [-0.1, -0.05) is 18.2 Å². The van der Waals surface area contributed by atoms with Crippen molar-refractivity contribution < 1.29 is 14.4 Å². The summed E-state index contributed by atoms with van der Waals surface area (Å²) in [5, 5.41) is 8.69. The third-order valence-corrected chi connectivity index (χ3v) is 5.36. The van der Waals surface area contributed by atoms with E-state index in [0.717, 1.165) is 24.0 Å². The molecule has 1 fully saturated rings. The summed E-state index contributed by atoms with van der Waals surface area (Å²) < 4.78 is 0. The van der Waals surface area contributed by atoms with Crippen LogP contribution in [0.1, 0.15) is 55.0 Å². The van der Waals surface area contributed by atoms with Crippen molar-refractivity contribution in [1.29, 1.82) is 0 Å². The van der Waals surface area contributed by atoms with Crippen LogP contribution in [0, 0.1) is 13.8 Å². The first-order valence-electron chi connectivity index (χ1n) is 10.5. The number of benzene rings is 2. The van der Waals surface area contributed by atoms with Crippen LogP contribution in [0.5, 0.6) is 0 Å². The Bertz CT molecular complexity index is 1190. The molecular weight excluding hydrogens is 404 g/mol. The number of pyridine rings is 1. The van der Waals surface area contributed by atoms with Gasteiger partial charge in [0, 0.05) is 35.2 Å². The van der Waals surface area contributed by atoms with Gasteiger partial charge in [-0.2, -0.15) is 0 Å². The molecule has 1 saturated carbocycles. The molecule has 0 spiro atoms. The molecule has 3 N–H and O–H groups in total. The van der Waals surface area contributed by atoms with Gasteiger partial charge in [-0.15, -0.1) is 0 Å². The van der Waals surface area contributed by atoms with Gasteiger partial charge < -0.3 is 16.0 Å². The Balaban J connectivity index is 1.57. The second-order valence-electron chi connectivity index (χ2n) is 7.92. The number of hydrogen-bond donors (Lipinski definition) is 3. The fourth-order valence-electron chi connectivity index (χ4n) is 3.30. The minimum absolute atomic E-state index is 0.149. The summed E-state index contributed by atoms with van der Waals surface area (Å²) in [7, 11) is 0. The number of carbonyl (C=O) groups excluding carboxylic acids is 3. The van der Waals surface area contributed by atoms with Gasteiger partial charge in [0.25, 0.3) is 17.7 Å². The number of nitrogens with zero attached hydrogens (tertiary/aromatic N) is 1. The molecule has 3 amide bonds. The number of aromatic nitrogens is 1. The quantitative estimate of drug-likeness (QED) is 0.550. The van der Waals surface area contributed by atoms with Crippen LogP contribution in [0.15, 0.2) is 60.9 Å². The van der Waals surface area contributed by atoms with Gasteiger partial charge in [-0.05, 0) is 68.1 Å². The van der Waals surface area contributed by atoms with E-state index in [1.165, 1.54) is 12.4 Å². The fraction of sp³-hybridized carbons (Fsp3) is 0.200. The number of rotatable bonds is 6. The SMILES string of the molecule is Cc1ccc(C(=O)NC2CC2)cc1NC(=O)c1cccc(C)c1NC(=O)c1ccncc1. The lowest BCUT2D eigenvalue weighted by atomic mass is 10.1. The number of nitrogens with one attached hydrogen (secondary N) is 3. The molecule has 0 unspecified atom stereocenters. The standard InChI is InChI=1S/C25H24N4O3/c1-15-6-7-18(24(31)27-19-8-9-19)14-21(15)28-25(32)20-5-3-4-16(2)22(20)29-23(30)17-10-12-26-13-11-17/h3-7,10-14,19H,8-9H2,1-2H3,(H,27,31)(H,28,32)(H,29,30). The van der Waals surface area contributed by atoms with E-state index < -0.39 is 0 Å². The highest BCUT2D eigenvalue weighted by Crippen LogP contribution is 2.25. The monoisotopic (exact) mass is 428 g/mol. The van der Waals surface area contributed by atoms with Crippen LogP contribution in [0.2, 0.25) is 0 Å². The minimum Gasteiger partial charge on any atom is -0.349 e. The van der Waals surface area contributed by atoms with Crippen molar-refractivity contribution in [3.8, 4) is 0 Å². The molecular formula is C25H24N4O3. The predicted octanol–water partition coefficient (Wildman–Crippen LogP) is 4.10. The lowest BCUT2D eigenvalue weighted by molar-refractivity contribution is 0.0948. The zero-order valence-corrected chi connectivity index (χ0v) is 17.9. The van der Waals surface area contributed by atoms with Crippen LogP contribution in [-0.4, -0.2) is 28.7 Å². The first-order chi connectivity index (χ1) is 15.4. The van der Waals surface area contributed by atoms with Gasteiger partial charge >= 0.3 is 0 Å². The van der Waals surface area contributed by atoms with E-state index in [9.17, 15) is 14.4 Å². The number of para-hydroxylation sites is 1. The molecule has 2 aromatic carbocycles. The maximum absolute atomic E-state index is 13.2. The van der Waals surface area contributed by atoms with Crippen LogP contribution in [0.3, 0.4) is 0 Å². The third-order valence-electron chi connectivity index (χ3n) is 5.36. The number of hydrogen-bond acceptors (Lipinski definition) is 4. The average Bonchev–Trinajstić information content (AvgIpc) is 3.61. The van der Waals surface area contributed by atoms with Crippen LogP contribution < -0.4 is 16.0 Å². The Morgan fingerprint density at radius 1 is 0.812 bits per heavy atom. The van der Waals surface area contributed by atoms with E-state index in [-0.39, 0.29) is 23.8 Å². The lowest BCUT2D eigenvalue weighted by Crippen LogP contribution is -2.25. The van der Waals surface area contributed by atoms with E-state index in [1.807, 2.05) is 19.9 Å². The van der Waals surface area contributed by atoms with Crippen LogP contribution in [0.4, 0.5) is 11.4 Å². The van der Waals surface area contributed by atoms with Gasteiger partial charge in [0.05, 0.1) is 11.3 Å². The number of carbonyl (C=O) groups is 3. The van der Waals surface area contributed by atoms with Crippen LogP contribution in [0.25, 0.3) is 0 Å². The van der Waals surface area contributed by atoms with Crippen LogP contribution in [-0.2, 0) is 0 Å². The maximum atomic E-state index is 13.2. The van der Waals surface area contributed by atoms with Gasteiger partial charge in [-0.25, -0.2) is 0 Å². The van der Waals surface area contributed by atoms with Gasteiger partial charge in [0.1, 0.15) is 0 Å². The molecule has 7 nitrogen and oxygen atoms in total. The lowest BCUT2D eigenvalue weighted by Gasteiger charge is -2.15. The Labute approximate surface area is 186 Å². The zero-order chi connectivity index (χ0) is 22.7. The molecule has 1 aliphatic rings. The second-order valence-corrected chi connectivity index (χ2v) is 7.92. The normalized spacial score (nSPS) is 12.7. The van der Waals surface area contributed by atoms with Crippen molar-refractivity contribution in [2.75, 3.05) is 10.6 Å². The molecule has 0 aliphatic heterocycles. The Hall–Kier alpha value is -4.00. The average molecular weight is 428 g/mol. The molecule has 1 aromatic heterocycles. The number of aryl methyl sites for hydroxylation is 2. The highest BCUT2D eigenvalue weighted by molar-refractivity contribution is 6.13. The van der Waals surface area contributed by atoms with Crippen molar-refractivity contribution in [3.05, 3.63) is 88.7 Å². The molecule has 0 radical (unpaired) electrons. The molecule has 4 rings (SSSR count). The number of amides is 3. The maximum Gasteiger partial charge on any atom is 0.257 e. The molecule has 0 atom stereocenters. The van der Waals surface area contributed by atoms with Gasteiger partial charge in [-0.3, -0.25) is 19.4 Å². The van der Waals surface area contributed by atoms with E-state index in [0.29, 0.717) is 28.1 Å². The molecule has 162 valence electrons. The Kier molecular flexibility index (Phi) is 5.98. The number of anilines is 2. The van der Waals surface area contributed by atoms with E-state index in [4.69, 9.17) is 0 Å². The van der Waals surface area contributed by atoms with E-state index >= 15 is 0 Å². The van der Waals surface area contributed by atoms with Crippen molar-refractivity contribution >= 4 is 29.1 Å². The Morgan fingerprint density at radius 2 is 1.56 bits per heavy atom. The molecule has 0 bridgehead atoms. The van der Waals surface area contributed by atoms with Crippen molar-refractivity contribution in [3.63, 3.8) is 0 Å². The molecule has 1 heterocycles. The van der Waals surface area contributed by atoms with Gasteiger partial charge in [0.15, 0.2) is 0 Å². The van der Waals surface area contributed by atoms with Crippen molar-refractivity contribution in [2.45, 2.75) is 32.7 Å². The highest BCUT2D eigenvalue weighted by atomic mass is 16.2. The largest absolute Gasteiger partial charge is 0.349 e. The van der Waals surface area contributed by atoms with Crippen LogP contribution >= 0.6 is 0 Å². The zero-order valence-electron chi connectivity index (χ0n) is 17.9. The second kappa shape index (κ2) is 9.01. The summed E-state index contributed by atoms with van der Waals surface area (Å²) in [6.45, 7) is 3.69. The topological polar surface area (TPSA) is 100 Å². The first-order valence-corrected chi connectivity index (χ1v) is 10.5. The smallest absolute Gasteiger partial charge is 0.257 e. The van der Waals surface area contributed by atoms with Gasteiger partial charge in [0.2, 0.25) is 0 Å². The summed E-state index contributed by atoms with van der Waals surface area (Å²) >= 11 is 0. The van der Waals surface area contributed by atoms with Crippen molar-refractivity contribution in [2.24, 2.45) is 0 Å². The summed E-state index contributed by atoms with van der Waals surface area (Å²) in [5.41, 5.74) is 3.84. The summed E-state index contributed by atoms with van der Waals surface area (Å²) in [4.78, 5) is 42.1. The highest BCUT2D eigenvalue weighted by Gasteiger charge is 2.24. The summed E-state index contributed by atoms with van der Waals surface area (Å²) in [5.74, 6) is -0.851. The molecule has 1 aliphatic carbocycles. The third kappa shape index (κ3) is 4.83. The van der Waals surface area contributed by atoms with E-state index in [2.05, 4.69) is 20.9 Å². The molecule has 7 heteroatoms. The minimum atomic E-state index is -0.374. The summed E-state index contributed by atoms with van der Waals surface area (Å²) in [6.07, 6.45) is 5.08. The fourth-order valence-corrected chi connectivity index (χ4v) is 3.30. The Morgan fingerprint density at radius 3 is 2.28 bits per heavy atom. The molecule has 0 saturated heterocycles. The van der Waals surface area contributed by atoms with E-state index in [1.54, 1.807) is 42.5 Å². The molecule has 3 aromatic rings. The summed E-state index contributed by atoms with van der Waals surface area (Å²) in [6, 6.07) is 13.9. The first kappa shape index (κ1) is 21.2.